The second kappa shape index (κ2) is 20.9. The van der Waals surface area contributed by atoms with Crippen LogP contribution in [0.25, 0.3) is 0 Å². The number of ether oxygens (including phenoxy) is 2. The molecule has 0 amide bonds. The molecule has 0 aliphatic heterocycles. The second-order valence-electron chi connectivity index (χ2n) is 8.14. The Morgan fingerprint density at radius 1 is 0.467 bits per heavy atom. The van der Waals surface area contributed by atoms with Gasteiger partial charge in [-0.25, -0.2) is 9.59 Å². The number of hydrogen-bond acceptors (Lipinski definition) is 4. The van der Waals surface area contributed by atoms with Crippen LogP contribution in [-0.4, -0.2) is 25.2 Å². The van der Waals surface area contributed by atoms with Gasteiger partial charge in [-0.15, -0.1) is 0 Å². The lowest BCUT2D eigenvalue weighted by Gasteiger charge is -2.14. The Morgan fingerprint density at radius 2 is 0.767 bits per heavy atom. The third-order valence-electron chi connectivity index (χ3n) is 5.47. The standard InChI is InChI=1S/C26H48O4/c1-5-9-11-13-15-16-18-20-22-24(26(28)30-8-4)23(25(27)29-7-3)21-19-17-14-12-10-6-2/h5-22H2,1-4H3/b24-23-. The van der Waals surface area contributed by atoms with E-state index < -0.39 is 0 Å². The van der Waals surface area contributed by atoms with Gasteiger partial charge in [0.1, 0.15) is 0 Å². The van der Waals surface area contributed by atoms with E-state index in [1.54, 1.807) is 0 Å². The zero-order valence-electron chi connectivity index (χ0n) is 20.4. The van der Waals surface area contributed by atoms with E-state index in [9.17, 15) is 9.59 Å². The summed E-state index contributed by atoms with van der Waals surface area (Å²) in [5.74, 6) is -0.678. The number of carbonyl (C=O) groups is 2. The number of hydrogen-bond donors (Lipinski definition) is 0. The molecule has 0 aromatic carbocycles. The molecule has 0 heterocycles. The Labute approximate surface area is 186 Å². The molecule has 0 unspecified atom stereocenters. The molecule has 0 fully saturated rings. The zero-order valence-corrected chi connectivity index (χ0v) is 20.4. The van der Waals surface area contributed by atoms with Crippen molar-refractivity contribution in [3.05, 3.63) is 11.1 Å². The van der Waals surface area contributed by atoms with Gasteiger partial charge in [0.15, 0.2) is 0 Å². The highest BCUT2D eigenvalue weighted by Gasteiger charge is 2.22. The summed E-state index contributed by atoms with van der Waals surface area (Å²) < 4.78 is 10.6. The van der Waals surface area contributed by atoms with Gasteiger partial charge in [-0.3, -0.25) is 0 Å². The molecule has 0 N–H and O–H groups in total. The highest BCUT2D eigenvalue weighted by Crippen LogP contribution is 2.23. The van der Waals surface area contributed by atoms with Gasteiger partial charge in [0.2, 0.25) is 0 Å². The summed E-state index contributed by atoms with van der Waals surface area (Å²) >= 11 is 0. The van der Waals surface area contributed by atoms with Gasteiger partial charge >= 0.3 is 11.9 Å². The van der Waals surface area contributed by atoms with Gasteiger partial charge in [-0.05, 0) is 39.5 Å². The van der Waals surface area contributed by atoms with Crippen LogP contribution < -0.4 is 0 Å². The Hall–Kier alpha value is -1.32. The molecule has 0 aromatic heterocycles. The third-order valence-corrected chi connectivity index (χ3v) is 5.47. The number of esters is 2. The van der Waals surface area contributed by atoms with Crippen LogP contribution in [0.3, 0.4) is 0 Å². The lowest BCUT2D eigenvalue weighted by atomic mass is 9.96. The van der Waals surface area contributed by atoms with Crippen LogP contribution >= 0.6 is 0 Å². The Bertz CT molecular complexity index is 468. The first-order chi connectivity index (χ1) is 14.6. The minimum Gasteiger partial charge on any atom is -0.463 e. The van der Waals surface area contributed by atoms with Crippen molar-refractivity contribution in [2.75, 3.05) is 13.2 Å². The molecular weight excluding hydrogens is 376 g/mol. The number of carbonyl (C=O) groups excluding carboxylic acids is 2. The van der Waals surface area contributed by atoms with E-state index in [-0.39, 0.29) is 11.9 Å². The van der Waals surface area contributed by atoms with E-state index in [2.05, 4.69) is 13.8 Å². The number of unbranched alkanes of at least 4 members (excludes halogenated alkanes) is 12. The summed E-state index contributed by atoms with van der Waals surface area (Å²) in [5, 5.41) is 0. The predicted octanol–water partition coefficient (Wildman–Crippen LogP) is 7.69. The Kier molecular flexibility index (Phi) is 20.0. The van der Waals surface area contributed by atoms with Gasteiger partial charge < -0.3 is 9.47 Å². The van der Waals surface area contributed by atoms with Gasteiger partial charge in [-0.2, -0.15) is 0 Å². The maximum atomic E-state index is 12.6. The lowest BCUT2D eigenvalue weighted by Crippen LogP contribution is -2.17. The van der Waals surface area contributed by atoms with E-state index in [1.165, 1.54) is 64.2 Å². The Balaban J connectivity index is 4.89. The fourth-order valence-corrected chi connectivity index (χ4v) is 3.71. The molecule has 0 spiro atoms. The van der Waals surface area contributed by atoms with Crippen molar-refractivity contribution >= 4 is 11.9 Å². The van der Waals surface area contributed by atoms with E-state index in [1.807, 2.05) is 13.8 Å². The van der Waals surface area contributed by atoms with Gasteiger partial charge in [0, 0.05) is 11.1 Å². The fourth-order valence-electron chi connectivity index (χ4n) is 3.71. The molecule has 176 valence electrons. The maximum Gasteiger partial charge on any atom is 0.334 e. The molecule has 30 heavy (non-hydrogen) atoms. The minimum atomic E-state index is -0.339. The average Bonchev–Trinajstić information content (AvgIpc) is 2.73. The first-order valence-corrected chi connectivity index (χ1v) is 12.7. The van der Waals surface area contributed by atoms with Crippen LogP contribution in [0.5, 0.6) is 0 Å². The second-order valence-corrected chi connectivity index (χ2v) is 8.14. The van der Waals surface area contributed by atoms with Crippen LogP contribution in [0.1, 0.15) is 130 Å². The van der Waals surface area contributed by atoms with Crippen LogP contribution in [0.4, 0.5) is 0 Å². The monoisotopic (exact) mass is 424 g/mol. The summed E-state index contributed by atoms with van der Waals surface area (Å²) in [7, 11) is 0. The molecule has 0 saturated carbocycles. The maximum absolute atomic E-state index is 12.6. The van der Waals surface area contributed by atoms with E-state index >= 15 is 0 Å². The molecule has 4 nitrogen and oxygen atoms in total. The van der Waals surface area contributed by atoms with Crippen molar-refractivity contribution in [3.63, 3.8) is 0 Å². The molecule has 0 rings (SSSR count). The smallest absolute Gasteiger partial charge is 0.334 e. The summed E-state index contributed by atoms with van der Waals surface area (Å²) in [4.78, 5) is 25.2. The van der Waals surface area contributed by atoms with Gasteiger partial charge in [0.05, 0.1) is 13.2 Å². The lowest BCUT2D eigenvalue weighted by molar-refractivity contribution is -0.142. The van der Waals surface area contributed by atoms with Crippen molar-refractivity contribution in [2.45, 2.75) is 130 Å². The largest absolute Gasteiger partial charge is 0.463 e. The highest BCUT2D eigenvalue weighted by molar-refractivity contribution is 6.00. The first-order valence-electron chi connectivity index (χ1n) is 12.7. The van der Waals surface area contributed by atoms with Crippen LogP contribution in [0, 0.1) is 0 Å². The fraction of sp³-hybridized carbons (Fsp3) is 0.846. The summed E-state index contributed by atoms with van der Waals surface area (Å²) in [6.45, 7) is 8.71. The predicted molar refractivity (Wildman–Crippen MR) is 126 cm³/mol. The van der Waals surface area contributed by atoms with Crippen LogP contribution in [0.2, 0.25) is 0 Å². The van der Waals surface area contributed by atoms with Crippen molar-refractivity contribution in [1.29, 1.82) is 0 Å². The summed E-state index contributed by atoms with van der Waals surface area (Å²) in [6.07, 6.45) is 17.7. The molecule has 4 heteroatoms. The summed E-state index contributed by atoms with van der Waals surface area (Å²) in [6, 6.07) is 0. The van der Waals surface area contributed by atoms with Gasteiger partial charge in [0.25, 0.3) is 0 Å². The first kappa shape index (κ1) is 28.7. The molecule has 0 radical (unpaired) electrons. The van der Waals surface area contributed by atoms with E-state index in [0.29, 0.717) is 37.2 Å². The van der Waals surface area contributed by atoms with E-state index in [4.69, 9.17) is 9.47 Å². The highest BCUT2D eigenvalue weighted by atomic mass is 16.5. The molecule has 0 bridgehead atoms. The normalized spacial score (nSPS) is 11.9. The topological polar surface area (TPSA) is 52.6 Å². The van der Waals surface area contributed by atoms with Crippen LogP contribution in [-0.2, 0) is 19.1 Å². The average molecular weight is 425 g/mol. The molecule has 0 atom stereocenters. The molecular formula is C26H48O4. The Morgan fingerprint density at radius 3 is 1.07 bits per heavy atom. The summed E-state index contributed by atoms with van der Waals surface area (Å²) in [5.41, 5.74) is 1.10. The minimum absolute atomic E-state index is 0.326. The SMILES string of the molecule is CCCCCCCCCC/C(C(=O)OCC)=C(\CCCCCCCC)C(=O)OCC. The molecule has 0 aliphatic rings. The van der Waals surface area contributed by atoms with Crippen molar-refractivity contribution in [2.24, 2.45) is 0 Å². The van der Waals surface area contributed by atoms with E-state index in [0.717, 1.165) is 25.7 Å². The number of rotatable bonds is 20. The van der Waals surface area contributed by atoms with Crippen molar-refractivity contribution in [1.82, 2.24) is 0 Å². The van der Waals surface area contributed by atoms with Crippen molar-refractivity contribution < 1.29 is 19.1 Å². The zero-order chi connectivity index (χ0) is 22.5. The van der Waals surface area contributed by atoms with Crippen LogP contribution in [0.15, 0.2) is 11.1 Å². The third kappa shape index (κ3) is 14.6. The van der Waals surface area contributed by atoms with Gasteiger partial charge in [-0.1, -0.05) is 90.9 Å². The quantitative estimate of drug-likeness (QED) is 0.114. The molecule has 0 aromatic rings. The molecule has 0 aliphatic carbocycles. The molecule has 0 saturated heterocycles. The van der Waals surface area contributed by atoms with Crippen molar-refractivity contribution in [3.8, 4) is 0 Å².